The highest BCUT2D eigenvalue weighted by atomic mass is 35.5. The van der Waals surface area contributed by atoms with Crippen LogP contribution in [0.2, 0.25) is 5.02 Å². The van der Waals surface area contributed by atoms with Crippen LogP contribution in [-0.2, 0) is 0 Å². The van der Waals surface area contributed by atoms with Crippen LogP contribution in [0.15, 0.2) is 12.1 Å². The van der Waals surface area contributed by atoms with Crippen LogP contribution in [0, 0.1) is 19.3 Å². The number of halogens is 1. The van der Waals surface area contributed by atoms with Gasteiger partial charge in [0.2, 0.25) is 0 Å². The van der Waals surface area contributed by atoms with Gasteiger partial charge >= 0.3 is 0 Å². The zero-order valence-electron chi connectivity index (χ0n) is 7.06. The molecule has 0 radical (unpaired) electrons. The van der Waals surface area contributed by atoms with E-state index in [1.807, 2.05) is 13.0 Å². The van der Waals surface area contributed by atoms with Crippen LogP contribution in [0.1, 0.15) is 11.4 Å². The van der Waals surface area contributed by atoms with Crippen LogP contribution in [0.4, 0.5) is 0 Å². The summed E-state index contributed by atoms with van der Waals surface area (Å²) in [5, 5.41) is 0.571. The average Bonchev–Trinajstić information content (AvgIpc) is 2.42. The number of rotatable bonds is 0. The van der Waals surface area contributed by atoms with Crippen molar-refractivity contribution in [1.82, 2.24) is 9.97 Å². The summed E-state index contributed by atoms with van der Waals surface area (Å²) in [6, 6.07) is 3.60. The third-order valence-corrected chi connectivity index (χ3v) is 2.16. The van der Waals surface area contributed by atoms with Gasteiger partial charge in [-0.1, -0.05) is 17.5 Å². The standard InChI is InChI=1S/C10H7ClN2/c1-3-7-4-9-10(5-8(7)11)13-6(2)12-9/h1,4-5H,2H3,(H,12,13). The number of aryl methyl sites for hydroxylation is 1. The molecule has 3 heteroatoms. The molecule has 0 saturated heterocycles. The Bertz CT molecular complexity index is 505. The molecule has 1 N–H and O–H groups in total. The number of imidazole rings is 1. The molecule has 0 aliphatic rings. The van der Waals surface area contributed by atoms with E-state index in [0.717, 1.165) is 16.9 Å². The first-order valence-corrected chi connectivity index (χ1v) is 4.21. The molecule has 2 aromatic rings. The number of terminal acetylenes is 1. The number of fused-ring (bicyclic) bond motifs is 1. The van der Waals surface area contributed by atoms with Crippen molar-refractivity contribution in [3.05, 3.63) is 28.5 Å². The van der Waals surface area contributed by atoms with Crippen LogP contribution in [0.25, 0.3) is 11.0 Å². The summed E-state index contributed by atoms with van der Waals surface area (Å²) in [5.41, 5.74) is 2.47. The molecule has 0 spiro atoms. The molecule has 0 saturated carbocycles. The van der Waals surface area contributed by atoms with E-state index >= 15 is 0 Å². The molecule has 0 amide bonds. The Balaban J connectivity index is 2.82. The van der Waals surface area contributed by atoms with Crippen molar-refractivity contribution in [2.24, 2.45) is 0 Å². The molecular weight excluding hydrogens is 184 g/mol. The van der Waals surface area contributed by atoms with Crippen LogP contribution in [0.5, 0.6) is 0 Å². The van der Waals surface area contributed by atoms with Gasteiger partial charge in [0, 0.05) is 5.56 Å². The number of hydrogen-bond donors (Lipinski definition) is 1. The van der Waals surface area contributed by atoms with Gasteiger partial charge in [-0.3, -0.25) is 0 Å². The largest absolute Gasteiger partial charge is 0.342 e. The monoisotopic (exact) mass is 190 g/mol. The van der Waals surface area contributed by atoms with Crippen molar-refractivity contribution >= 4 is 22.6 Å². The first kappa shape index (κ1) is 8.15. The van der Waals surface area contributed by atoms with Gasteiger partial charge in [-0.15, -0.1) is 6.42 Å². The van der Waals surface area contributed by atoms with E-state index in [1.165, 1.54) is 0 Å². The zero-order chi connectivity index (χ0) is 9.42. The van der Waals surface area contributed by atoms with Gasteiger partial charge < -0.3 is 4.98 Å². The molecule has 0 unspecified atom stereocenters. The zero-order valence-corrected chi connectivity index (χ0v) is 7.81. The summed E-state index contributed by atoms with van der Waals surface area (Å²) in [5.74, 6) is 3.38. The minimum atomic E-state index is 0.571. The molecular formula is C10H7ClN2. The number of aromatic nitrogens is 2. The lowest BCUT2D eigenvalue weighted by Gasteiger charge is -1.94. The molecule has 0 aliphatic carbocycles. The topological polar surface area (TPSA) is 28.7 Å². The first-order chi connectivity index (χ1) is 6.20. The van der Waals surface area contributed by atoms with Crippen molar-refractivity contribution in [3.8, 4) is 12.3 Å². The summed E-state index contributed by atoms with van der Waals surface area (Å²) in [4.78, 5) is 7.34. The minimum Gasteiger partial charge on any atom is -0.342 e. The number of nitrogens with zero attached hydrogens (tertiary/aromatic N) is 1. The SMILES string of the molecule is C#Cc1cc2[nH]c(C)nc2cc1Cl. The predicted octanol–water partition coefficient (Wildman–Crippen LogP) is 2.51. The maximum absolute atomic E-state index is 5.92. The van der Waals surface area contributed by atoms with Gasteiger partial charge in [-0.05, 0) is 19.1 Å². The molecule has 1 aromatic heterocycles. The van der Waals surface area contributed by atoms with Gasteiger partial charge in [0.1, 0.15) is 5.82 Å². The molecule has 0 fully saturated rings. The third-order valence-electron chi connectivity index (χ3n) is 1.84. The molecule has 0 aliphatic heterocycles. The molecule has 0 bridgehead atoms. The third kappa shape index (κ3) is 1.28. The van der Waals surface area contributed by atoms with Gasteiger partial charge in [-0.25, -0.2) is 4.98 Å². The van der Waals surface area contributed by atoms with E-state index < -0.39 is 0 Å². The second-order valence-corrected chi connectivity index (χ2v) is 3.22. The first-order valence-electron chi connectivity index (χ1n) is 3.83. The summed E-state index contributed by atoms with van der Waals surface area (Å²) in [6.07, 6.45) is 5.28. The Morgan fingerprint density at radius 3 is 3.00 bits per heavy atom. The van der Waals surface area contributed by atoms with E-state index in [9.17, 15) is 0 Å². The second-order valence-electron chi connectivity index (χ2n) is 2.82. The maximum atomic E-state index is 5.92. The molecule has 1 heterocycles. The summed E-state index contributed by atoms with van der Waals surface area (Å²) >= 11 is 5.92. The maximum Gasteiger partial charge on any atom is 0.104 e. The summed E-state index contributed by atoms with van der Waals surface area (Å²) in [6.45, 7) is 1.89. The molecule has 1 aromatic carbocycles. The van der Waals surface area contributed by atoms with E-state index in [0.29, 0.717) is 10.6 Å². The Kier molecular flexibility index (Phi) is 1.75. The fourth-order valence-corrected chi connectivity index (χ4v) is 1.48. The van der Waals surface area contributed by atoms with Crippen molar-refractivity contribution in [2.75, 3.05) is 0 Å². The van der Waals surface area contributed by atoms with Crippen LogP contribution in [0.3, 0.4) is 0 Å². The fraction of sp³-hybridized carbons (Fsp3) is 0.100. The van der Waals surface area contributed by atoms with E-state index in [1.54, 1.807) is 6.07 Å². The second kappa shape index (κ2) is 2.79. The average molecular weight is 191 g/mol. The lowest BCUT2D eigenvalue weighted by Crippen LogP contribution is -1.77. The number of hydrogen-bond acceptors (Lipinski definition) is 1. The van der Waals surface area contributed by atoms with Gasteiger partial charge in [0.05, 0.1) is 16.1 Å². The fourth-order valence-electron chi connectivity index (χ4n) is 1.27. The molecule has 2 nitrogen and oxygen atoms in total. The smallest absolute Gasteiger partial charge is 0.104 e. The Morgan fingerprint density at radius 1 is 1.54 bits per heavy atom. The number of nitrogens with one attached hydrogen (secondary N) is 1. The highest BCUT2D eigenvalue weighted by Crippen LogP contribution is 2.21. The van der Waals surface area contributed by atoms with E-state index in [-0.39, 0.29) is 0 Å². The van der Waals surface area contributed by atoms with Crippen LogP contribution < -0.4 is 0 Å². The highest BCUT2D eigenvalue weighted by molar-refractivity contribution is 6.32. The predicted molar refractivity (Wildman–Crippen MR) is 53.8 cm³/mol. The van der Waals surface area contributed by atoms with Crippen LogP contribution >= 0.6 is 11.6 Å². The lowest BCUT2D eigenvalue weighted by atomic mass is 10.2. The Morgan fingerprint density at radius 2 is 2.31 bits per heavy atom. The van der Waals surface area contributed by atoms with Crippen molar-refractivity contribution in [1.29, 1.82) is 0 Å². The quantitative estimate of drug-likeness (QED) is 0.636. The van der Waals surface area contributed by atoms with Crippen molar-refractivity contribution in [2.45, 2.75) is 6.92 Å². The van der Waals surface area contributed by atoms with E-state index in [2.05, 4.69) is 15.9 Å². The van der Waals surface area contributed by atoms with Gasteiger partial charge in [0.25, 0.3) is 0 Å². The minimum absolute atomic E-state index is 0.571. The normalized spacial score (nSPS) is 10.2. The Hall–Kier alpha value is -1.46. The molecule has 0 atom stereocenters. The Labute approximate surface area is 80.9 Å². The van der Waals surface area contributed by atoms with Gasteiger partial charge in [0.15, 0.2) is 0 Å². The number of benzene rings is 1. The van der Waals surface area contributed by atoms with Crippen LogP contribution in [-0.4, -0.2) is 9.97 Å². The molecule has 64 valence electrons. The highest BCUT2D eigenvalue weighted by Gasteiger charge is 2.03. The number of aromatic amines is 1. The lowest BCUT2D eigenvalue weighted by molar-refractivity contribution is 1.17. The summed E-state index contributed by atoms with van der Waals surface area (Å²) in [7, 11) is 0. The molecule has 13 heavy (non-hydrogen) atoms. The molecule has 2 rings (SSSR count). The summed E-state index contributed by atoms with van der Waals surface area (Å²) < 4.78 is 0. The van der Waals surface area contributed by atoms with Gasteiger partial charge in [-0.2, -0.15) is 0 Å². The number of H-pyrrole nitrogens is 1. The van der Waals surface area contributed by atoms with Crippen molar-refractivity contribution in [3.63, 3.8) is 0 Å². The van der Waals surface area contributed by atoms with Crippen molar-refractivity contribution < 1.29 is 0 Å². The van der Waals surface area contributed by atoms with E-state index in [4.69, 9.17) is 18.0 Å².